The lowest BCUT2D eigenvalue weighted by atomic mass is 10.3. The molecule has 0 unspecified atom stereocenters. The molecule has 1 fully saturated rings. The van der Waals surface area contributed by atoms with Crippen LogP contribution in [0.2, 0.25) is 5.02 Å². The van der Waals surface area contributed by atoms with E-state index in [1.165, 1.54) is 17.8 Å². The van der Waals surface area contributed by atoms with Crippen LogP contribution in [-0.2, 0) is 0 Å². The largest absolute Gasteiger partial charge is 0.476 e. The fourth-order valence-electron chi connectivity index (χ4n) is 1.53. The van der Waals surface area contributed by atoms with Crippen molar-refractivity contribution in [1.82, 2.24) is 25.2 Å². The molecule has 1 aliphatic rings. The SMILES string of the molecule is O=C(O)c1nc(Sc2nnnn2C2CC2)ccc1Cl. The molecule has 0 bridgehead atoms. The Morgan fingerprint density at radius 2 is 2.26 bits per heavy atom. The molecule has 1 saturated carbocycles. The number of nitrogens with zero attached hydrogens (tertiary/aromatic N) is 5. The van der Waals surface area contributed by atoms with Gasteiger partial charge in [-0.05, 0) is 47.2 Å². The van der Waals surface area contributed by atoms with Crippen LogP contribution in [0.1, 0.15) is 29.4 Å². The van der Waals surface area contributed by atoms with Gasteiger partial charge in [-0.2, -0.15) is 0 Å². The van der Waals surface area contributed by atoms with E-state index in [9.17, 15) is 4.79 Å². The Bertz CT molecular complexity index is 643. The zero-order valence-corrected chi connectivity index (χ0v) is 11.1. The molecule has 1 N–H and O–H groups in total. The van der Waals surface area contributed by atoms with Crippen LogP contribution in [0, 0.1) is 0 Å². The Morgan fingerprint density at radius 3 is 2.95 bits per heavy atom. The lowest BCUT2D eigenvalue weighted by molar-refractivity contribution is 0.0690. The van der Waals surface area contributed by atoms with E-state index in [0.717, 1.165) is 12.8 Å². The number of carboxylic acid groups (broad SMARTS) is 1. The third kappa shape index (κ3) is 2.54. The predicted molar refractivity (Wildman–Crippen MR) is 66.4 cm³/mol. The highest BCUT2D eigenvalue weighted by molar-refractivity contribution is 7.99. The normalized spacial score (nSPS) is 14.6. The maximum atomic E-state index is 11.0. The first-order valence-electron chi connectivity index (χ1n) is 5.50. The summed E-state index contributed by atoms with van der Waals surface area (Å²) in [5, 5.41) is 21.6. The van der Waals surface area contributed by atoms with Gasteiger partial charge in [0.25, 0.3) is 0 Å². The highest BCUT2D eigenvalue weighted by Gasteiger charge is 2.28. The Balaban J connectivity index is 1.88. The molecule has 0 atom stereocenters. The van der Waals surface area contributed by atoms with Crippen molar-refractivity contribution in [3.8, 4) is 0 Å². The maximum absolute atomic E-state index is 11.0. The van der Waals surface area contributed by atoms with Gasteiger partial charge in [0.2, 0.25) is 5.16 Å². The molecule has 3 rings (SSSR count). The van der Waals surface area contributed by atoms with Gasteiger partial charge < -0.3 is 5.11 Å². The lowest BCUT2D eigenvalue weighted by Gasteiger charge is -2.03. The fourth-order valence-corrected chi connectivity index (χ4v) is 2.53. The van der Waals surface area contributed by atoms with Crippen molar-refractivity contribution < 1.29 is 9.90 Å². The van der Waals surface area contributed by atoms with Crippen molar-refractivity contribution in [1.29, 1.82) is 0 Å². The Hall–Kier alpha value is -1.67. The molecule has 0 aliphatic heterocycles. The van der Waals surface area contributed by atoms with Crippen LogP contribution >= 0.6 is 23.4 Å². The molecule has 19 heavy (non-hydrogen) atoms. The molecule has 0 amide bonds. The van der Waals surface area contributed by atoms with Gasteiger partial charge in [-0.15, -0.1) is 5.10 Å². The topological polar surface area (TPSA) is 93.8 Å². The second kappa shape index (κ2) is 4.78. The molecule has 0 aromatic carbocycles. The third-order valence-corrected chi connectivity index (χ3v) is 3.77. The number of carbonyl (C=O) groups is 1. The molecular formula is C10H8ClN5O2S. The predicted octanol–water partition coefficient (Wildman–Crippen LogP) is 1.91. The molecule has 2 aromatic rings. The summed E-state index contributed by atoms with van der Waals surface area (Å²) in [6.45, 7) is 0. The van der Waals surface area contributed by atoms with Crippen LogP contribution in [0.25, 0.3) is 0 Å². The second-order valence-electron chi connectivity index (χ2n) is 4.02. The van der Waals surface area contributed by atoms with Crippen molar-refractivity contribution in [2.75, 3.05) is 0 Å². The molecular weight excluding hydrogens is 290 g/mol. The summed E-state index contributed by atoms with van der Waals surface area (Å²) >= 11 is 6.99. The van der Waals surface area contributed by atoms with Crippen LogP contribution in [0.15, 0.2) is 22.3 Å². The van der Waals surface area contributed by atoms with Gasteiger partial charge in [-0.3, -0.25) is 0 Å². The molecule has 7 nitrogen and oxygen atoms in total. The van der Waals surface area contributed by atoms with Crippen molar-refractivity contribution in [3.05, 3.63) is 22.8 Å². The minimum atomic E-state index is -1.16. The van der Waals surface area contributed by atoms with Crippen LogP contribution < -0.4 is 0 Å². The van der Waals surface area contributed by atoms with E-state index in [2.05, 4.69) is 20.5 Å². The molecule has 2 heterocycles. The average molecular weight is 298 g/mol. The molecule has 1 aliphatic carbocycles. The van der Waals surface area contributed by atoms with Gasteiger partial charge in [0.15, 0.2) is 5.69 Å². The Morgan fingerprint density at radius 1 is 1.47 bits per heavy atom. The van der Waals surface area contributed by atoms with Crippen LogP contribution in [-0.4, -0.2) is 36.3 Å². The molecule has 98 valence electrons. The number of tetrazole rings is 1. The number of rotatable bonds is 4. The first kappa shape index (κ1) is 12.4. The maximum Gasteiger partial charge on any atom is 0.356 e. The monoisotopic (exact) mass is 297 g/mol. The summed E-state index contributed by atoms with van der Waals surface area (Å²) in [4.78, 5) is 14.9. The van der Waals surface area contributed by atoms with E-state index in [-0.39, 0.29) is 10.7 Å². The van der Waals surface area contributed by atoms with Crippen LogP contribution in [0.4, 0.5) is 0 Å². The average Bonchev–Trinajstić information content (AvgIpc) is 3.12. The summed E-state index contributed by atoms with van der Waals surface area (Å²) in [5.74, 6) is -1.16. The smallest absolute Gasteiger partial charge is 0.356 e. The van der Waals surface area contributed by atoms with Crippen LogP contribution in [0.3, 0.4) is 0 Å². The van der Waals surface area contributed by atoms with Crippen molar-refractivity contribution in [2.24, 2.45) is 0 Å². The van der Waals surface area contributed by atoms with Crippen LogP contribution in [0.5, 0.6) is 0 Å². The number of hydrogen-bond donors (Lipinski definition) is 1. The summed E-state index contributed by atoms with van der Waals surface area (Å²) in [6.07, 6.45) is 2.13. The van der Waals surface area contributed by atoms with Gasteiger partial charge >= 0.3 is 5.97 Å². The number of aromatic carboxylic acids is 1. The van der Waals surface area contributed by atoms with E-state index in [0.29, 0.717) is 16.2 Å². The lowest BCUT2D eigenvalue weighted by Crippen LogP contribution is -2.03. The molecule has 9 heteroatoms. The van der Waals surface area contributed by atoms with Gasteiger partial charge in [-0.1, -0.05) is 11.6 Å². The van der Waals surface area contributed by atoms with Crippen molar-refractivity contribution in [3.63, 3.8) is 0 Å². The number of aromatic nitrogens is 5. The van der Waals surface area contributed by atoms with E-state index in [1.54, 1.807) is 10.7 Å². The highest BCUT2D eigenvalue weighted by atomic mass is 35.5. The number of carboxylic acids is 1. The first-order chi connectivity index (χ1) is 9.15. The van der Waals surface area contributed by atoms with E-state index < -0.39 is 5.97 Å². The van der Waals surface area contributed by atoms with E-state index in [1.807, 2.05) is 0 Å². The number of hydrogen-bond acceptors (Lipinski definition) is 6. The van der Waals surface area contributed by atoms with Crippen molar-refractivity contribution in [2.45, 2.75) is 29.1 Å². The minimum absolute atomic E-state index is 0.110. The molecule has 0 saturated heterocycles. The minimum Gasteiger partial charge on any atom is -0.476 e. The Labute approximate surface area is 117 Å². The van der Waals surface area contributed by atoms with E-state index in [4.69, 9.17) is 16.7 Å². The third-order valence-electron chi connectivity index (χ3n) is 2.57. The number of pyridine rings is 1. The quantitative estimate of drug-likeness (QED) is 0.921. The molecule has 0 radical (unpaired) electrons. The fraction of sp³-hybridized carbons (Fsp3) is 0.300. The van der Waals surface area contributed by atoms with Crippen molar-refractivity contribution >= 4 is 29.3 Å². The first-order valence-corrected chi connectivity index (χ1v) is 6.70. The highest BCUT2D eigenvalue weighted by Crippen LogP contribution is 2.37. The van der Waals surface area contributed by atoms with Gasteiger partial charge in [0, 0.05) is 0 Å². The second-order valence-corrected chi connectivity index (χ2v) is 5.42. The zero-order valence-electron chi connectivity index (χ0n) is 9.52. The summed E-state index contributed by atoms with van der Waals surface area (Å²) in [7, 11) is 0. The van der Waals surface area contributed by atoms with Gasteiger partial charge in [0.05, 0.1) is 11.1 Å². The summed E-state index contributed by atoms with van der Waals surface area (Å²) in [5.41, 5.74) is -0.169. The number of halogens is 1. The van der Waals surface area contributed by atoms with E-state index >= 15 is 0 Å². The molecule has 2 aromatic heterocycles. The summed E-state index contributed by atoms with van der Waals surface area (Å²) in [6, 6.07) is 3.50. The Kier molecular flexibility index (Phi) is 3.11. The zero-order chi connectivity index (χ0) is 13.4. The van der Waals surface area contributed by atoms with Gasteiger partial charge in [-0.25, -0.2) is 14.5 Å². The standard InChI is InChI=1S/C10H8ClN5O2S/c11-6-3-4-7(12-8(6)9(17)18)19-10-13-14-15-16(10)5-1-2-5/h3-5H,1-2H2,(H,17,18). The summed E-state index contributed by atoms with van der Waals surface area (Å²) < 4.78 is 1.74. The molecule has 0 spiro atoms. The van der Waals surface area contributed by atoms with Gasteiger partial charge in [0.1, 0.15) is 5.03 Å².